The summed E-state index contributed by atoms with van der Waals surface area (Å²) in [5, 5.41) is 2.52. The standard InChI is InChI=1S/C12H10F2N4O.ClH/c13-8-2-1-7(3-9(8)14)5-16-12(19)10-4-11(15)18-6-17-10;/h1-4,6H,5H2,(H,16,19)(H2,15,17,18);1H. The molecular weight excluding hydrogens is 290 g/mol. The number of benzene rings is 1. The summed E-state index contributed by atoms with van der Waals surface area (Å²) < 4.78 is 25.7. The Balaban J connectivity index is 0.00000200. The third-order valence-corrected chi connectivity index (χ3v) is 2.36. The number of carbonyl (C=O) groups excluding carboxylic acids is 1. The summed E-state index contributed by atoms with van der Waals surface area (Å²) in [6.07, 6.45) is 1.17. The van der Waals surface area contributed by atoms with Crippen molar-refractivity contribution in [2.75, 3.05) is 5.73 Å². The molecule has 1 heterocycles. The van der Waals surface area contributed by atoms with Crippen LogP contribution in [0.3, 0.4) is 0 Å². The van der Waals surface area contributed by atoms with Gasteiger partial charge < -0.3 is 11.1 Å². The van der Waals surface area contributed by atoms with Crippen LogP contribution in [0.15, 0.2) is 30.6 Å². The first-order chi connectivity index (χ1) is 9.06. The molecule has 20 heavy (non-hydrogen) atoms. The van der Waals surface area contributed by atoms with E-state index in [-0.39, 0.29) is 30.5 Å². The van der Waals surface area contributed by atoms with Crippen LogP contribution in [-0.4, -0.2) is 15.9 Å². The van der Waals surface area contributed by atoms with Crippen molar-refractivity contribution in [2.24, 2.45) is 0 Å². The molecule has 0 aliphatic carbocycles. The van der Waals surface area contributed by atoms with E-state index >= 15 is 0 Å². The van der Waals surface area contributed by atoms with Gasteiger partial charge in [-0.15, -0.1) is 12.4 Å². The van der Waals surface area contributed by atoms with Crippen LogP contribution in [0.25, 0.3) is 0 Å². The average Bonchev–Trinajstić information content (AvgIpc) is 2.40. The third-order valence-electron chi connectivity index (χ3n) is 2.36. The summed E-state index contributed by atoms with van der Waals surface area (Å²) in [7, 11) is 0. The van der Waals surface area contributed by atoms with Gasteiger partial charge in [-0.3, -0.25) is 4.79 Å². The van der Waals surface area contributed by atoms with Crippen molar-refractivity contribution >= 4 is 24.1 Å². The summed E-state index contributed by atoms with van der Waals surface area (Å²) in [6, 6.07) is 4.72. The molecule has 1 amide bonds. The van der Waals surface area contributed by atoms with Crippen molar-refractivity contribution in [2.45, 2.75) is 6.54 Å². The van der Waals surface area contributed by atoms with Gasteiger partial charge in [-0.2, -0.15) is 0 Å². The van der Waals surface area contributed by atoms with Gasteiger partial charge in [0.15, 0.2) is 11.6 Å². The largest absolute Gasteiger partial charge is 0.384 e. The van der Waals surface area contributed by atoms with Crippen LogP contribution >= 0.6 is 12.4 Å². The molecule has 0 unspecified atom stereocenters. The van der Waals surface area contributed by atoms with Crippen LogP contribution in [0.1, 0.15) is 16.1 Å². The van der Waals surface area contributed by atoms with E-state index < -0.39 is 17.5 Å². The van der Waals surface area contributed by atoms with Crippen molar-refractivity contribution in [3.63, 3.8) is 0 Å². The third kappa shape index (κ3) is 3.86. The zero-order valence-corrected chi connectivity index (χ0v) is 11.0. The normalized spacial score (nSPS) is 9.70. The Kier molecular flexibility index (Phi) is 5.33. The first-order valence-electron chi connectivity index (χ1n) is 5.36. The number of amides is 1. The average molecular weight is 301 g/mol. The van der Waals surface area contributed by atoms with Crippen LogP contribution in [0, 0.1) is 11.6 Å². The van der Waals surface area contributed by atoms with E-state index in [2.05, 4.69) is 15.3 Å². The van der Waals surface area contributed by atoms with Gasteiger partial charge in [-0.1, -0.05) is 6.07 Å². The summed E-state index contributed by atoms with van der Waals surface area (Å²) in [5.74, 6) is -2.19. The Bertz CT molecular complexity index is 624. The zero-order chi connectivity index (χ0) is 13.8. The van der Waals surface area contributed by atoms with E-state index in [0.29, 0.717) is 5.56 Å². The number of nitrogens with two attached hydrogens (primary N) is 1. The number of aromatic nitrogens is 2. The maximum absolute atomic E-state index is 13.0. The number of nitrogen functional groups attached to an aromatic ring is 1. The summed E-state index contributed by atoms with van der Waals surface area (Å²) in [4.78, 5) is 19.1. The van der Waals surface area contributed by atoms with E-state index in [1.807, 2.05) is 0 Å². The summed E-state index contributed by atoms with van der Waals surface area (Å²) in [6.45, 7) is 0.0555. The first kappa shape index (κ1) is 15.8. The molecule has 0 fully saturated rings. The second kappa shape index (κ2) is 6.76. The van der Waals surface area contributed by atoms with Crippen molar-refractivity contribution < 1.29 is 13.6 Å². The van der Waals surface area contributed by atoms with Crippen LogP contribution in [0.2, 0.25) is 0 Å². The summed E-state index contributed by atoms with van der Waals surface area (Å²) in [5.41, 5.74) is 5.96. The van der Waals surface area contributed by atoms with Gasteiger partial charge in [-0.05, 0) is 17.7 Å². The molecule has 3 N–H and O–H groups in total. The van der Waals surface area contributed by atoms with E-state index in [4.69, 9.17) is 5.73 Å². The molecule has 0 radical (unpaired) electrons. The molecule has 0 aliphatic heterocycles. The number of halogens is 3. The fraction of sp³-hybridized carbons (Fsp3) is 0.0833. The number of nitrogens with zero attached hydrogens (tertiary/aromatic N) is 2. The minimum absolute atomic E-state index is 0. The second-order valence-corrected chi connectivity index (χ2v) is 3.76. The maximum atomic E-state index is 13.0. The van der Waals surface area contributed by atoms with Crippen molar-refractivity contribution in [3.05, 3.63) is 53.5 Å². The van der Waals surface area contributed by atoms with E-state index in [0.717, 1.165) is 12.1 Å². The highest BCUT2D eigenvalue weighted by molar-refractivity contribution is 5.92. The lowest BCUT2D eigenvalue weighted by Gasteiger charge is -2.05. The second-order valence-electron chi connectivity index (χ2n) is 3.76. The van der Waals surface area contributed by atoms with Gasteiger partial charge in [-0.25, -0.2) is 18.7 Å². The molecule has 1 aromatic heterocycles. The molecule has 0 spiro atoms. The predicted octanol–water partition coefficient (Wildman–Crippen LogP) is 1.69. The quantitative estimate of drug-likeness (QED) is 0.904. The molecule has 2 rings (SSSR count). The van der Waals surface area contributed by atoms with Crippen molar-refractivity contribution in [1.29, 1.82) is 0 Å². The topological polar surface area (TPSA) is 80.9 Å². The molecule has 0 saturated heterocycles. The molecule has 0 aliphatic rings. The van der Waals surface area contributed by atoms with E-state index in [1.54, 1.807) is 0 Å². The number of nitrogens with one attached hydrogen (secondary N) is 1. The fourth-order valence-corrected chi connectivity index (χ4v) is 1.42. The lowest BCUT2D eigenvalue weighted by Crippen LogP contribution is -2.24. The van der Waals surface area contributed by atoms with Gasteiger partial charge in [0, 0.05) is 12.6 Å². The maximum Gasteiger partial charge on any atom is 0.270 e. The molecule has 8 heteroatoms. The zero-order valence-electron chi connectivity index (χ0n) is 10.1. The minimum Gasteiger partial charge on any atom is -0.384 e. The molecule has 0 bridgehead atoms. The van der Waals surface area contributed by atoms with Crippen LogP contribution in [-0.2, 0) is 6.54 Å². The lowest BCUT2D eigenvalue weighted by molar-refractivity contribution is 0.0945. The van der Waals surface area contributed by atoms with Crippen LogP contribution < -0.4 is 11.1 Å². The SMILES string of the molecule is Cl.Nc1cc(C(=O)NCc2ccc(F)c(F)c2)ncn1. The van der Waals surface area contributed by atoms with Gasteiger partial charge >= 0.3 is 0 Å². The van der Waals surface area contributed by atoms with Gasteiger partial charge in [0.2, 0.25) is 0 Å². The van der Waals surface area contributed by atoms with Crippen molar-refractivity contribution in [1.82, 2.24) is 15.3 Å². The van der Waals surface area contributed by atoms with E-state index in [9.17, 15) is 13.6 Å². The molecule has 106 valence electrons. The number of anilines is 1. The molecule has 5 nitrogen and oxygen atoms in total. The first-order valence-corrected chi connectivity index (χ1v) is 5.36. The molecule has 1 aromatic carbocycles. The molecular formula is C12H11ClF2N4O. The number of hydrogen-bond donors (Lipinski definition) is 2. The lowest BCUT2D eigenvalue weighted by atomic mass is 10.2. The fourth-order valence-electron chi connectivity index (χ4n) is 1.42. The smallest absolute Gasteiger partial charge is 0.270 e. The van der Waals surface area contributed by atoms with Gasteiger partial charge in [0.1, 0.15) is 17.8 Å². The number of rotatable bonds is 3. The highest BCUT2D eigenvalue weighted by Gasteiger charge is 2.08. The number of hydrogen-bond acceptors (Lipinski definition) is 4. The Hall–Kier alpha value is -2.28. The van der Waals surface area contributed by atoms with Crippen LogP contribution in [0.5, 0.6) is 0 Å². The summed E-state index contributed by atoms with van der Waals surface area (Å²) >= 11 is 0. The molecule has 0 saturated carbocycles. The Morgan fingerprint density at radius 1 is 1.20 bits per heavy atom. The monoisotopic (exact) mass is 300 g/mol. The van der Waals surface area contributed by atoms with Gasteiger partial charge in [0.05, 0.1) is 0 Å². The van der Waals surface area contributed by atoms with Crippen LogP contribution in [0.4, 0.5) is 14.6 Å². The molecule has 2 aromatic rings. The number of carbonyl (C=O) groups is 1. The Morgan fingerprint density at radius 2 is 1.95 bits per heavy atom. The highest BCUT2D eigenvalue weighted by atomic mass is 35.5. The molecule has 0 atom stereocenters. The Labute approximate surface area is 119 Å². The van der Waals surface area contributed by atoms with E-state index in [1.165, 1.54) is 18.5 Å². The minimum atomic E-state index is -0.960. The predicted molar refractivity (Wildman–Crippen MR) is 71.2 cm³/mol. The van der Waals surface area contributed by atoms with Crippen molar-refractivity contribution in [3.8, 4) is 0 Å². The highest BCUT2D eigenvalue weighted by Crippen LogP contribution is 2.08. The Morgan fingerprint density at radius 3 is 2.60 bits per heavy atom. The van der Waals surface area contributed by atoms with Gasteiger partial charge in [0.25, 0.3) is 5.91 Å².